The topological polar surface area (TPSA) is 67.8 Å². The van der Waals surface area contributed by atoms with E-state index in [1.54, 1.807) is 0 Å². The highest BCUT2D eigenvalue weighted by Crippen LogP contribution is 2.17. The van der Waals surface area contributed by atoms with E-state index in [0.717, 1.165) is 0 Å². The smallest absolute Gasteiger partial charge is 0.233 e. The summed E-state index contributed by atoms with van der Waals surface area (Å²) in [7, 11) is 0. The molecule has 17 heavy (non-hydrogen) atoms. The first-order valence-corrected chi connectivity index (χ1v) is 5.53. The number of carbonyl (C=O) groups excluding carboxylic acids is 1. The summed E-state index contributed by atoms with van der Waals surface area (Å²) >= 11 is 17.0. The maximum Gasteiger partial charge on any atom is 0.233 e. The van der Waals surface area contributed by atoms with Crippen LogP contribution in [0, 0.1) is 6.08 Å². The van der Waals surface area contributed by atoms with E-state index in [4.69, 9.17) is 34.8 Å². The number of hydrogen-bond donors (Lipinski definition) is 1. The Morgan fingerprint density at radius 3 is 2.47 bits per heavy atom. The molecule has 1 N–H and O–H groups in total. The van der Waals surface area contributed by atoms with Gasteiger partial charge in [0.25, 0.3) is 0 Å². The van der Waals surface area contributed by atoms with Crippen molar-refractivity contribution >= 4 is 40.6 Å². The second-order valence-electron chi connectivity index (χ2n) is 2.96. The molecule has 0 saturated heterocycles. The third-order valence-electron chi connectivity index (χ3n) is 1.86. The average Bonchev–Trinajstić information content (AvgIpc) is 2.27. The van der Waals surface area contributed by atoms with Crippen molar-refractivity contribution in [1.82, 2.24) is 20.3 Å². The first-order chi connectivity index (χ1) is 8.08. The van der Waals surface area contributed by atoms with Crippen molar-refractivity contribution in [2.75, 3.05) is 6.54 Å². The quantitative estimate of drug-likeness (QED) is 0.664. The van der Waals surface area contributed by atoms with Gasteiger partial charge < -0.3 is 5.32 Å². The molecule has 0 amide bonds. The monoisotopic (exact) mass is 289 g/mol. The fraction of sp³-hybridized carbons (Fsp3) is 0.111. The molecular weight excluding hydrogens is 286 g/mol. The third-order valence-corrected chi connectivity index (χ3v) is 2.53. The highest BCUT2D eigenvalue weighted by molar-refractivity contribution is 6.33. The summed E-state index contributed by atoms with van der Waals surface area (Å²) in [4.78, 5) is 22.9. The highest BCUT2D eigenvalue weighted by atomic mass is 35.5. The highest BCUT2D eigenvalue weighted by Gasteiger charge is 2.20. The molecule has 0 unspecified atom stereocenters. The average molecular weight is 291 g/mol. The fourth-order valence-corrected chi connectivity index (χ4v) is 1.72. The van der Waals surface area contributed by atoms with Gasteiger partial charge in [-0.25, -0.2) is 0 Å². The molecule has 0 aliphatic carbocycles. The van der Waals surface area contributed by atoms with Gasteiger partial charge in [0.05, 0.1) is 5.57 Å². The second-order valence-corrected chi connectivity index (χ2v) is 4.01. The number of carbonyl (C=O) groups is 1. The summed E-state index contributed by atoms with van der Waals surface area (Å²) in [6.45, 7) is 0.439. The first-order valence-electron chi connectivity index (χ1n) is 4.40. The van der Waals surface area contributed by atoms with E-state index in [0.29, 0.717) is 6.54 Å². The minimum absolute atomic E-state index is 0.151. The third kappa shape index (κ3) is 2.74. The van der Waals surface area contributed by atoms with Gasteiger partial charge in [0.15, 0.2) is 0 Å². The van der Waals surface area contributed by atoms with Crippen LogP contribution in [0.25, 0.3) is 0 Å². The van der Waals surface area contributed by atoms with Gasteiger partial charge in [0, 0.05) is 6.54 Å². The van der Waals surface area contributed by atoms with Crippen molar-refractivity contribution < 1.29 is 4.79 Å². The van der Waals surface area contributed by atoms with Gasteiger partial charge in [-0.3, -0.25) is 4.79 Å². The van der Waals surface area contributed by atoms with Crippen LogP contribution in [0.3, 0.4) is 0 Å². The van der Waals surface area contributed by atoms with Gasteiger partial charge in [-0.1, -0.05) is 11.6 Å². The van der Waals surface area contributed by atoms with E-state index in [9.17, 15) is 4.79 Å². The van der Waals surface area contributed by atoms with Crippen LogP contribution in [-0.2, 0) is 0 Å². The molecular formula is C9H4Cl3N4O. The van der Waals surface area contributed by atoms with Crippen LogP contribution in [0.2, 0.25) is 10.6 Å². The minimum atomic E-state index is -0.499. The van der Waals surface area contributed by atoms with E-state index < -0.39 is 5.78 Å². The van der Waals surface area contributed by atoms with Crippen molar-refractivity contribution in [2.45, 2.75) is 0 Å². The zero-order valence-corrected chi connectivity index (χ0v) is 10.4. The molecule has 2 heterocycles. The Balaban J connectivity index is 2.40. The van der Waals surface area contributed by atoms with Crippen molar-refractivity contribution in [3.05, 3.63) is 39.3 Å². The van der Waals surface area contributed by atoms with Crippen LogP contribution in [0.4, 0.5) is 0 Å². The van der Waals surface area contributed by atoms with Gasteiger partial charge >= 0.3 is 0 Å². The number of nitrogens with one attached hydrogen (secondary N) is 1. The standard InChI is InChI=1S/C9H4Cl3N4O/c10-6-4(2-1-3-13-6)5(17)7-14-8(11)16-9(12)15-7/h2,13H,3H2. The van der Waals surface area contributed by atoms with Crippen LogP contribution < -0.4 is 5.32 Å². The number of allylic oxidation sites excluding steroid dienone is 2. The number of aromatic nitrogens is 3. The van der Waals surface area contributed by atoms with Crippen LogP contribution >= 0.6 is 34.8 Å². The maximum absolute atomic E-state index is 12.0. The van der Waals surface area contributed by atoms with E-state index in [1.807, 2.05) is 0 Å². The van der Waals surface area contributed by atoms with Gasteiger partial charge in [0.2, 0.25) is 22.2 Å². The van der Waals surface area contributed by atoms with Crippen molar-refractivity contribution in [3.63, 3.8) is 0 Å². The van der Waals surface area contributed by atoms with E-state index in [-0.39, 0.29) is 27.1 Å². The molecule has 0 atom stereocenters. The number of dihydropyridines is 1. The molecule has 0 spiro atoms. The molecule has 1 aliphatic heterocycles. The predicted molar refractivity (Wildman–Crippen MR) is 62.9 cm³/mol. The van der Waals surface area contributed by atoms with Crippen molar-refractivity contribution in [1.29, 1.82) is 0 Å². The lowest BCUT2D eigenvalue weighted by molar-refractivity contribution is 0.102. The zero-order valence-electron chi connectivity index (χ0n) is 8.17. The Hall–Kier alpha value is -1.17. The Kier molecular flexibility index (Phi) is 3.61. The Bertz CT molecular complexity index is 521. The summed E-state index contributed by atoms with van der Waals surface area (Å²) in [5.74, 6) is -0.661. The molecule has 0 bridgehead atoms. The molecule has 87 valence electrons. The molecule has 5 nitrogen and oxygen atoms in total. The molecule has 8 heteroatoms. The predicted octanol–water partition coefficient (Wildman–Crippen LogP) is 1.77. The van der Waals surface area contributed by atoms with Crippen molar-refractivity contribution in [2.24, 2.45) is 0 Å². The largest absolute Gasteiger partial charge is 0.371 e. The maximum atomic E-state index is 12.0. The van der Waals surface area contributed by atoms with E-state index in [1.165, 1.54) is 6.08 Å². The van der Waals surface area contributed by atoms with E-state index in [2.05, 4.69) is 26.3 Å². The lowest BCUT2D eigenvalue weighted by Crippen LogP contribution is -2.20. The lowest BCUT2D eigenvalue weighted by Gasteiger charge is -2.10. The van der Waals surface area contributed by atoms with E-state index >= 15 is 0 Å². The van der Waals surface area contributed by atoms with Gasteiger partial charge in [-0.05, 0) is 35.4 Å². The van der Waals surface area contributed by atoms with Gasteiger partial charge in [-0.15, -0.1) is 0 Å². The summed E-state index contributed by atoms with van der Waals surface area (Å²) in [6, 6.07) is 0. The lowest BCUT2D eigenvalue weighted by atomic mass is 10.1. The van der Waals surface area contributed by atoms with Gasteiger partial charge in [0.1, 0.15) is 5.16 Å². The Labute approximate surface area is 112 Å². The molecule has 0 saturated carbocycles. The molecule has 1 aliphatic rings. The SMILES string of the molecule is O=C(C1=C(Cl)NC[C]=C1)c1nc(Cl)nc(Cl)n1. The molecule has 1 radical (unpaired) electrons. The molecule has 2 rings (SSSR count). The number of nitrogens with zero attached hydrogens (tertiary/aromatic N) is 3. The fourth-order valence-electron chi connectivity index (χ4n) is 1.15. The zero-order chi connectivity index (χ0) is 12.4. The van der Waals surface area contributed by atoms with Crippen LogP contribution in [0.1, 0.15) is 10.6 Å². The molecule has 0 fully saturated rings. The number of hydrogen-bond acceptors (Lipinski definition) is 5. The summed E-state index contributed by atoms with van der Waals surface area (Å²) in [5, 5.41) is 2.66. The number of ketones is 1. The molecule has 1 aromatic rings. The van der Waals surface area contributed by atoms with Crippen LogP contribution in [0.15, 0.2) is 16.8 Å². The van der Waals surface area contributed by atoms with Crippen LogP contribution in [0.5, 0.6) is 0 Å². The Morgan fingerprint density at radius 2 is 1.88 bits per heavy atom. The van der Waals surface area contributed by atoms with Crippen molar-refractivity contribution in [3.8, 4) is 0 Å². The molecule has 0 aromatic carbocycles. The minimum Gasteiger partial charge on any atom is -0.371 e. The number of halogens is 3. The second kappa shape index (κ2) is 5.00. The molecule has 1 aromatic heterocycles. The summed E-state index contributed by atoms with van der Waals surface area (Å²) in [6.07, 6.45) is 4.27. The van der Waals surface area contributed by atoms with Crippen LogP contribution in [-0.4, -0.2) is 27.3 Å². The number of Topliss-reactive ketones (excluding diaryl/α,β-unsaturated/α-hetero) is 1. The summed E-state index contributed by atoms with van der Waals surface area (Å²) < 4.78 is 0. The normalized spacial score (nSPS) is 14.8. The Morgan fingerprint density at radius 1 is 1.24 bits per heavy atom. The van der Waals surface area contributed by atoms with Gasteiger partial charge in [-0.2, -0.15) is 15.0 Å². The summed E-state index contributed by atoms with van der Waals surface area (Å²) in [5.41, 5.74) is 0.205. The number of rotatable bonds is 2. The first kappa shape index (κ1) is 12.3.